The zero-order valence-electron chi connectivity index (χ0n) is 20.3. The van der Waals surface area contributed by atoms with Crippen LogP contribution in [0.5, 0.6) is 5.75 Å². The van der Waals surface area contributed by atoms with Gasteiger partial charge in [-0.05, 0) is 31.2 Å². The molecular weight excluding hydrogens is 446 g/mol. The number of amides is 3. The van der Waals surface area contributed by atoms with Gasteiger partial charge in [0.25, 0.3) is 0 Å². The van der Waals surface area contributed by atoms with E-state index < -0.39 is 6.04 Å². The van der Waals surface area contributed by atoms with E-state index in [9.17, 15) is 14.4 Å². The van der Waals surface area contributed by atoms with Gasteiger partial charge >= 0.3 is 0 Å². The van der Waals surface area contributed by atoms with Crippen molar-refractivity contribution in [1.29, 1.82) is 0 Å². The van der Waals surface area contributed by atoms with Crippen LogP contribution in [0.4, 0.5) is 11.4 Å². The number of aryl methyl sites for hydroxylation is 1. The molecule has 2 aliphatic heterocycles. The number of carbonyl (C=O) groups excluding carboxylic acids is 3. The number of carbonyl (C=O) groups is 3. The average Bonchev–Trinajstić information content (AvgIpc) is 2.87. The molecule has 3 amide bonds. The van der Waals surface area contributed by atoms with Gasteiger partial charge in [-0.25, -0.2) is 0 Å². The van der Waals surface area contributed by atoms with Crippen LogP contribution in [0.15, 0.2) is 48.5 Å². The molecular formula is C26H33N5O4. The Morgan fingerprint density at radius 2 is 1.74 bits per heavy atom. The molecule has 0 bridgehead atoms. The highest BCUT2D eigenvalue weighted by Gasteiger charge is 2.35. The Morgan fingerprint density at radius 1 is 1.03 bits per heavy atom. The summed E-state index contributed by atoms with van der Waals surface area (Å²) in [6, 6.07) is 14.6. The molecule has 0 unspecified atom stereocenters. The van der Waals surface area contributed by atoms with E-state index in [-0.39, 0.29) is 30.7 Å². The first kappa shape index (κ1) is 24.5. The zero-order chi connectivity index (χ0) is 24.8. The topological polar surface area (TPSA) is 94.2 Å². The summed E-state index contributed by atoms with van der Waals surface area (Å²) in [7, 11) is 1.67. The minimum atomic E-state index is -0.809. The molecule has 2 aliphatic rings. The van der Waals surface area contributed by atoms with Crippen LogP contribution >= 0.6 is 0 Å². The lowest BCUT2D eigenvalue weighted by Crippen LogP contribution is -2.60. The lowest BCUT2D eigenvalue weighted by Gasteiger charge is -2.39. The second-order valence-electron chi connectivity index (χ2n) is 8.95. The van der Waals surface area contributed by atoms with E-state index in [2.05, 4.69) is 20.4 Å². The van der Waals surface area contributed by atoms with Gasteiger partial charge in [0.05, 0.1) is 25.8 Å². The van der Waals surface area contributed by atoms with Gasteiger partial charge in [-0.1, -0.05) is 29.8 Å². The highest BCUT2D eigenvalue weighted by molar-refractivity contribution is 5.97. The maximum absolute atomic E-state index is 13.2. The first-order chi connectivity index (χ1) is 16.9. The number of para-hydroxylation sites is 2. The van der Waals surface area contributed by atoms with Crippen molar-refractivity contribution in [3.63, 3.8) is 0 Å². The molecule has 2 saturated heterocycles. The van der Waals surface area contributed by atoms with E-state index in [1.165, 1.54) is 0 Å². The predicted molar refractivity (Wildman–Crippen MR) is 135 cm³/mol. The quantitative estimate of drug-likeness (QED) is 0.625. The smallest absolute Gasteiger partial charge is 0.243 e. The molecule has 35 heavy (non-hydrogen) atoms. The van der Waals surface area contributed by atoms with E-state index in [1.54, 1.807) is 12.0 Å². The van der Waals surface area contributed by atoms with Gasteiger partial charge in [0.2, 0.25) is 17.7 Å². The summed E-state index contributed by atoms with van der Waals surface area (Å²) >= 11 is 0. The number of ether oxygens (including phenoxy) is 1. The van der Waals surface area contributed by atoms with Crippen LogP contribution < -0.4 is 20.3 Å². The number of hydrogen-bond acceptors (Lipinski definition) is 6. The number of rotatable bonds is 7. The van der Waals surface area contributed by atoms with Gasteiger partial charge < -0.3 is 25.2 Å². The fourth-order valence-electron chi connectivity index (χ4n) is 4.56. The molecule has 2 aromatic carbocycles. The van der Waals surface area contributed by atoms with E-state index in [4.69, 9.17) is 4.74 Å². The van der Waals surface area contributed by atoms with Gasteiger partial charge in [-0.2, -0.15) is 0 Å². The number of anilines is 2. The monoisotopic (exact) mass is 479 g/mol. The Labute approximate surface area is 206 Å². The molecule has 9 nitrogen and oxygen atoms in total. The molecule has 0 radical (unpaired) electrons. The van der Waals surface area contributed by atoms with Crippen molar-refractivity contribution >= 4 is 29.1 Å². The van der Waals surface area contributed by atoms with Crippen molar-refractivity contribution in [2.24, 2.45) is 0 Å². The Kier molecular flexibility index (Phi) is 7.87. The Morgan fingerprint density at radius 3 is 2.46 bits per heavy atom. The third-order valence-electron chi connectivity index (χ3n) is 6.52. The molecule has 0 aliphatic carbocycles. The molecule has 2 fully saturated rings. The predicted octanol–water partition coefficient (Wildman–Crippen LogP) is 1.48. The lowest BCUT2D eigenvalue weighted by molar-refractivity contribution is -0.145. The van der Waals surface area contributed by atoms with Crippen LogP contribution in [0.3, 0.4) is 0 Å². The SMILES string of the molecule is COc1ccccc1N1CCN(CC(=O)N2CCNC(=O)[C@@H]2CC(=O)Nc2ccc(C)cc2)CC1. The van der Waals surface area contributed by atoms with Crippen LogP contribution in [0.2, 0.25) is 0 Å². The van der Waals surface area contributed by atoms with E-state index in [0.29, 0.717) is 18.8 Å². The minimum Gasteiger partial charge on any atom is -0.495 e. The first-order valence-electron chi connectivity index (χ1n) is 12.0. The molecule has 1 atom stereocenters. The van der Waals surface area contributed by atoms with Crippen molar-refractivity contribution in [1.82, 2.24) is 15.1 Å². The van der Waals surface area contributed by atoms with Crippen molar-refractivity contribution in [2.45, 2.75) is 19.4 Å². The molecule has 2 heterocycles. The van der Waals surface area contributed by atoms with E-state index in [0.717, 1.165) is 43.2 Å². The Balaban J connectivity index is 1.33. The molecule has 0 aromatic heterocycles. The zero-order valence-corrected chi connectivity index (χ0v) is 20.3. The molecule has 0 spiro atoms. The van der Waals surface area contributed by atoms with Crippen LogP contribution in [-0.4, -0.2) is 86.5 Å². The van der Waals surface area contributed by atoms with Gasteiger partial charge in [0.15, 0.2) is 0 Å². The Bertz CT molecular complexity index is 1050. The highest BCUT2D eigenvalue weighted by Crippen LogP contribution is 2.28. The van der Waals surface area contributed by atoms with Crippen LogP contribution in [-0.2, 0) is 14.4 Å². The number of methoxy groups -OCH3 is 1. The summed E-state index contributed by atoms with van der Waals surface area (Å²) in [4.78, 5) is 44.3. The fraction of sp³-hybridized carbons (Fsp3) is 0.423. The molecule has 4 rings (SSSR count). The van der Waals surface area contributed by atoms with E-state index >= 15 is 0 Å². The van der Waals surface area contributed by atoms with Gasteiger partial charge in [0, 0.05) is 45.0 Å². The average molecular weight is 480 g/mol. The summed E-state index contributed by atoms with van der Waals surface area (Å²) < 4.78 is 5.48. The summed E-state index contributed by atoms with van der Waals surface area (Å²) in [5.74, 6) is 0.130. The van der Waals surface area contributed by atoms with Gasteiger partial charge in [-0.15, -0.1) is 0 Å². The maximum Gasteiger partial charge on any atom is 0.243 e. The fourth-order valence-corrected chi connectivity index (χ4v) is 4.56. The number of piperazine rings is 2. The summed E-state index contributed by atoms with van der Waals surface area (Å²) in [6.07, 6.45) is -0.0764. The van der Waals surface area contributed by atoms with Crippen LogP contribution in [0.25, 0.3) is 0 Å². The normalized spacial score (nSPS) is 18.7. The Hall–Kier alpha value is -3.59. The summed E-state index contributed by atoms with van der Waals surface area (Å²) in [5, 5.41) is 5.61. The highest BCUT2D eigenvalue weighted by atomic mass is 16.5. The van der Waals surface area contributed by atoms with E-state index in [1.807, 2.05) is 55.5 Å². The molecule has 2 aromatic rings. The number of nitrogens with zero attached hydrogens (tertiary/aromatic N) is 3. The van der Waals surface area contributed by atoms with Crippen molar-refractivity contribution < 1.29 is 19.1 Å². The standard InChI is InChI=1S/C26H33N5O4/c1-19-7-9-20(10-8-19)28-24(32)17-22-26(34)27-11-12-31(22)25(33)18-29-13-15-30(16-14-29)21-5-3-4-6-23(21)35-2/h3-10,22H,11-18H2,1-2H3,(H,27,34)(H,28,32)/t22-/m0/s1. The van der Waals surface area contributed by atoms with Crippen molar-refractivity contribution in [3.05, 3.63) is 54.1 Å². The molecule has 9 heteroatoms. The van der Waals surface area contributed by atoms with Crippen molar-refractivity contribution in [3.8, 4) is 5.75 Å². The van der Waals surface area contributed by atoms with Crippen molar-refractivity contribution in [2.75, 3.05) is 63.1 Å². The second kappa shape index (κ2) is 11.2. The summed E-state index contributed by atoms with van der Waals surface area (Å²) in [6.45, 7) is 5.98. The minimum absolute atomic E-state index is 0.0764. The summed E-state index contributed by atoms with van der Waals surface area (Å²) in [5.41, 5.74) is 2.81. The molecule has 0 saturated carbocycles. The maximum atomic E-state index is 13.2. The van der Waals surface area contributed by atoms with Gasteiger partial charge in [-0.3, -0.25) is 19.3 Å². The lowest BCUT2D eigenvalue weighted by atomic mass is 10.1. The third kappa shape index (κ3) is 6.10. The number of benzene rings is 2. The largest absolute Gasteiger partial charge is 0.495 e. The molecule has 2 N–H and O–H groups in total. The number of nitrogens with one attached hydrogen (secondary N) is 2. The third-order valence-corrected chi connectivity index (χ3v) is 6.52. The van der Waals surface area contributed by atoms with Crippen LogP contribution in [0, 0.1) is 6.92 Å². The van der Waals surface area contributed by atoms with Crippen LogP contribution in [0.1, 0.15) is 12.0 Å². The second-order valence-corrected chi connectivity index (χ2v) is 8.95. The molecule has 186 valence electrons. The van der Waals surface area contributed by atoms with Gasteiger partial charge in [0.1, 0.15) is 11.8 Å². The first-order valence-corrected chi connectivity index (χ1v) is 12.0. The number of hydrogen-bond donors (Lipinski definition) is 2.